The molecule has 3 aromatic carbocycles. The molecule has 6 nitrogen and oxygen atoms in total. The molecule has 194 valence electrons. The van der Waals surface area contributed by atoms with E-state index in [2.05, 4.69) is 0 Å². The van der Waals surface area contributed by atoms with Gasteiger partial charge in [-0.05, 0) is 60.6 Å². The lowest BCUT2D eigenvalue weighted by Gasteiger charge is -2.54. The molecule has 0 radical (unpaired) electrons. The van der Waals surface area contributed by atoms with E-state index < -0.39 is 51.3 Å². The van der Waals surface area contributed by atoms with Crippen LogP contribution in [0.15, 0.2) is 116 Å². The van der Waals surface area contributed by atoms with Crippen molar-refractivity contribution >= 4 is 29.5 Å². The Morgan fingerprint density at radius 1 is 0.595 bits per heavy atom. The standard InChI is InChI=1S/C28H28O6S3/c1-27(2)18-24-25(27)19-28(36(31,32)22-14-8-4-9-15-22,37(33,34)23-16-10-5-11-17-23)20-26(24)35(29,30)21-12-6-3-7-13-21/h3-17,25H,18-20H2,1-2H3/t25-/m0/s1. The summed E-state index contributed by atoms with van der Waals surface area (Å²) in [6.45, 7) is 3.85. The second-order valence-electron chi connectivity index (χ2n) is 10.4. The van der Waals surface area contributed by atoms with E-state index in [9.17, 15) is 25.3 Å². The first kappa shape index (κ1) is 25.9. The van der Waals surface area contributed by atoms with Gasteiger partial charge in [0, 0.05) is 6.42 Å². The second-order valence-corrected chi connectivity index (χ2v) is 17.2. The fourth-order valence-corrected chi connectivity index (χ4v) is 12.7. The molecule has 9 heteroatoms. The van der Waals surface area contributed by atoms with Gasteiger partial charge in [-0.1, -0.05) is 74.0 Å². The average Bonchev–Trinajstić information content (AvgIpc) is 2.89. The zero-order chi connectivity index (χ0) is 26.7. The minimum Gasteiger partial charge on any atom is -0.222 e. The van der Waals surface area contributed by atoms with Crippen LogP contribution in [0.25, 0.3) is 0 Å². The predicted molar refractivity (Wildman–Crippen MR) is 142 cm³/mol. The fourth-order valence-electron chi connectivity index (χ4n) is 5.70. The van der Waals surface area contributed by atoms with Gasteiger partial charge in [-0.15, -0.1) is 0 Å². The lowest BCUT2D eigenvalue weighted by molar-refractivity contribution is 0.128. The van der Waals surface area contributed by atoms with E-state index in [-0.39, 0.29) is 26.0 Å². The Morgan fingerprint density at radius 2 is 1.00 bits per heavy atom. The van der Waals surface area contributed by atoms with Crippen LogP contribution in [-0.4, -0.2) is 29.3 Å². The molecule has 0 spiro atoms. The second kappa shape index (κ2) is 8.64. The molecular weight excluding hydrogens is 529 g/mol. The first-order valence-corrected chi connectivity index (χ1v) is 16.4. The molecule has 1 atom stereocenters. The van der Waals surface area contributed by atoms with Crippen molar-refractivity contribution in [3.8, 4) is 0 Å². The number of hydrogen-bond donors (Lipinski definition) is 0. The van der Waals surface area contributed by atoms with E-state index in [0.717, 1.165) is 0 Å². The Labute approximate surface area is 218 Å². The third kappa shape index (κ3) is 3.82. The number of sulfone groups is 3. The number of allylic oxidation sites excluding steroid dienone is 2. The lowest BCUT2D eigenvalue weighted by atomic mass is 9.55. The van der Waals surface area contributed by atoms with E-state index in [4.69, 9.17) is 0 Å². The molecule has 5 rings (SSSR count). The average molecular weight is 557 g/mol. The van der Waals surface area contributed by atoms with Crippen molar-refractivity contribution in [1.82, 2.24) is 0 Å². The van der Waals surface area contributed by atoms with Gasteiger partial charge in [-0.2, -0.15) is 0 Å². The summed E-state index contributed by atoms with van der Waals surface area (Å²) in [4.78, 5) is -0.364. The molecule has 37 heavy (non-hydrogen) atoms. The van der Waals surface area contributed by atoms with Crippen LogP contribution in [0.5, 0.6) is 0 Å². The van der Waals surface area contributed by atoms with Crippen LogP contribution in [0.2, 0.25) is 0 Å². The highest BCUT2D eigenvalue weighted by Gasteiger charge is 2.65. The molecule has 2 aliphatic carbocycles. The summed E-state index contributed by atoms with van der Waals surface area (Å²) in [6.07, 6.45) is -0.385. The van der Waals surface area contributed by atoms with Crippen LogP contribution >= 0.6 is 0 Å². The van der Waals surface area contributed by atoms with Gasteiger partial charge in [-0.3, -0.25) is 0 Å². The van der Waals surface area contributed by atoms with Gasteiger partial charge in [0.15, 0.2) is 23.8 Å². The van der Waals surface area contributed by atoms with Crippen molar-refractivity contribution in [2.75, 3.05) is 0 Å². The largest absolute Gasteiger partial charge is 0.222 e. The van der Waals surface area contributed by atoms with Crippen molar-refractivity contribution in [3.05, 3.63) is 101 Å². The molecule has 1 saturated carbocycles. The van der Waals surface area contributed by atoms with E-state index in [1.807, 2.05) is 13.8 Å². The van der Waals surface area contributed by atoms with Crippen LogP contribution in [0.1, 0.15) is 33.1 Å². The summed E-state index contributed by atoms with van der Waals surface area (Å²) in [5.41, 5.74) is 0.174. The normalized spacial score (nSPS) is 21.1. The Morgan fingerprint density at radius 3 is 1.41 bits per heavy atom. The van der Waals surface area contributed by atoms with Gasteiger partial charge < -0.3 is 0 Å². The molecule has 1 fully saturated rings. The van der Waals surface area contributed by atoms with Crippen LogP contribution in [0.3, 0.4) is 0 Å². The van der Waals surface area contributed by atoms with Crippen molar-refractivity contribution in [2.45, 2.75) is 51.9 Å². The SMILES string of the molecule is CC1(C)CC2=C(S(=O)(=O)c3ccccc3)CC(S(=O)(=O)c3ccccc3)(S(=O)(=O)c3ccccc3)C[C@@H]21. The number of hydrogen-bond acceptors (Lipinski definition) is 6. The van der Waals surface area contributed by atoms with Crippen molar-refractivity contribution in [2.24, 2.45) is 11.3 Å². The minimum absolute atomic E-state index is 0.0194. The van der Waals surface area contributed by atoms with Gasteiger partial charge in [0.25, 0.3) is 0 Å². The Balaban J connectivity index is 1.83. The topological polar surface area (TPSA) is 102 Å². The van der Waals surface area contributed by atoms with Gasteiger partial charge in [-0.25, -0.2) is 25.3 Å². The third-order valence-corrected chi connectivity index (χ3v) is 15.4. The van der Waals surface area contributed by atoms with E-state index >= 15 is 0 Å². The van der Waals surface area contributed by atoms with Gasteiger partial charge in [0.05, 0.1) is 19.6 Å². The molecule has 0 aliphatic heterocycles. The fraction of sp³-hybridized carbons (Fsp3) is 0.286. The molecule has 0 N–H and O–H groups in total. The first-order chi connectivity index (χ1) is 17.3. The first-order valence-electron chi connectivity index (χ1n) is 12.0. The zero-order valence-electron chi connectivity index (χ0n) is 20.5. The summed E-state index contributed by atoms with van der Waals surface area (Å²) >= 11 is 0. The quantitative estimate of drug-likeness (QED) is 0.414. The molecule has 0 bridgehead atoms. The summed E-state index contributed by atoms with van der Waals surface area (Å²) in [5.74, 6) is -0.522. The van der Waals surface area contributed by atoms with E-state index in [0.29, 0.717) is 12.0 Å². The number of benzene rings is 3. The van der Waals surface area contributed by atoms with Crippen LogP contribution in [0.4, 0.5) is 0 Å². The highest BCUT2D eigenvalue weighted by atomic mass is 32.3. The monoisotopic (exact) mass is 556 g/mol. The van der Waals surface area contributed by atoms with Gasteiger partial charge >= 0.3 is 0 Å². The molecular formula is C28H28O6S3. The van der Waals surface area contributed by atoms with Crippen LogP contribution in [-0.2, 0) is 29.5 Å². The highest BCUT2D eigenvalue weighted by Crippen LogP contribution is 2.63. The zero-order valence-corrected chi connectivity index (χ0v) is 23.0. The van der Waals surface area contributed by atoms with Crippen LogP contribution in [0, 0.1) is 11.3 Å². The summed E-state index contributed by atoms with van der Waals surface area (Å²) in [7, 11) is -13.3. The molecule has 0 heterocycles. The van der Waals surface area contributed by atoms with Gasteiger partial charge in [0.2, 0.25) is 9.84 Å². The maximum atomic E-state index is 14.4. The summed E-state index contributed by atoms with van der Waals surface area (Å²) in [6, 6.07) is 22.7. The highest BCUT2D eigenvalue weighted by molar-refractivity contribution is 8.10. The van der Waals surface area contributed by atoms with Crippen molar-refractivity contribution in [3.63, 3.8) is 0 Å². The van der Waals surface area contributed by atoms with Crippen molar-refractivity contribution < 1.29 is 25.3 Å². The predicted octanol–water partition coefficient (Wildman–Crippen LogP) is 5.20. The molecule has 0 aromatic heterocycles. The van der Waals surface area contributed by atoms with E-state index in [1.54, 1.807) is 30.3 Å². The Hall–Kier alpha value is -2.75. The summed E-state index contributed by atoms with van der Waals surface area (Å²) in [5, 5.41) is 0. The molecule has 0 amide bonds. The Bertz CT molecular complexity index is 1620. The number of fused-ring (bicyclic) bond motifs is 1. The molecule has 0 unspecified atom stereocenters. The van der Waals surface area contributed by atoms with Crippen LogP contribution < -0.4 is 0 Å². The minimum atomic E-state index is -4.56. The lowest BCUT2D eigenvalue weighted by Crippen LogP contribution is -2.56. The number of rotatable bonds is 6. The maximum Gasteiger partial charge on any atom is 0.202 e. The summed E-state index contributed by atoms with van der Waals surface area (Å²) < 4.78 is 83.2. The maximum absolute atomic E-state index is 14.4. The molecule has 0 saturated heterocycles. The van der Waals surface area contributed by atoms with Crippen molar-refractivity contribution in [1.29, 1.82) is 0 Å². The third-order valence-electron chi connectivity index (χ3n) is 7.78. The molecule has 2 aliphatic rings. The smallest absolute Gasteiger partial charge is 0.202 e. The van der Waals surface area contributed by atoms with Gasteiger partial charge in [0.1, 0.15) is 0 Å². The molecule has 3 aromatic rings. The Kier molecular flexibility index (Phi) is 6.05. The van der Waals surface area contributed by atoms with E-state index in [1.165, 1.54) is 60.7 Å².